The number of carbonyl (C=O) groups is 1. The lowest BCUT2D eigenvalue weighted by Gasteiger charge is -2.03. The Kier molecular flexibility index (Phi) is 4.37. The van der Waals surface area contributed by atoms with Crippen molar-refractivity contribution in [1.82, 2.24) is 0 Å². The highest BCUT2D eigenvalue weighted by molar-refractivity contribution is 5.87. The Bertz CT molecular complexity index is 275. The van der Waals surface area contributed by atoms with Crippen LogP contribution in [0, 0.1) is 12.3 Å². The smallest absolute Gasteiger partial charge is 0.137 e. The molecule has 1 aromatic rings. The lowest BCUT2D eigenvalue weighted by atomic mass is 10.0. The number of ketones is 1. The van der Waals surface area contributed by atoms with Gasteiger partial charge in [0.2, 0.25) is 0 Å². The molecule has 0 saturated carbocycles. The summed E-state index contributed by atoms with van der Waals surface area (Å²) < 4.78 is 0. The third kappa shape index (κ3) is 4.22. The molecule has 0 saturated heterocycles. The molecule has 0 spiro atoms. The van der Waals surface area contributed by atoms with E-state index in [2.05, 4.69) is 13.8 Å². The van der Waals surface area contributed by atoms with Gasteiger partial charge in [-0.2, -0.15) is 0 Å². The van der Waals surface area contributed by atoms with Crippen LogP contribution in [0.25, 0.3) is 0 Å². The standard InChI is InChI=1S/C13H17O/c1-11(2)10-13(14)9-8-12-6-4-3-5-7-12/h3-7,9,11H,8,10H2,1-2H3. The number of carbonyl (C=O) groups excluding carboxylic acids is 1. The molecule has 0 unspecified atom stereocenters. The lowest BCUT2D eigenvalue weighted by molar-refractivity contribution is -0.116. The molecule has 0 aliphatic rings. The molecule has 0 aromatic heterocycles. The van der Waals surface area contributed by atoms with Crippen molar-refractivity contribution in [2.75, 3.05) is 0 Å². The van der Waals surface area contributed by atoms with Crippen molar-refractivity contribution in [1.29, 1.82) is 0 Å². The van der Waals surface area contributed by atoms with Crippen molar-refractivity contribution in [3.63, 3.8) is 0 Å². The molecule has 0 fully saturated rings. The predicted molar refractivity (Wildman–Crippen MR) is 58.9 cm³/mol. The van der Waals surface area contributed by atoms with Crippen LogP contribution in [0.5, 0.6) is 0 Å². The minimum absolute atomic E-state index is 0.254. The van der Waals surface area contributed by atoms with Gasteiger partial charge in [-0.3, -0.25) is 4.79 Å². The van der Waals surface area contributed by atoms with E-state index in [1.54, 1.807) is 6.42 Å². The van der Waals surface area contributed by atoms with Crippen LogP contribution in [0.1, 0.15) is 25.8 Å². The number of hydrogen-bond acceptors (Lipinski definition) is 1. The van der Waals surface area contributed by atoms with Crippen LogP contribution < -0.4 is 0 Å². The van der Waals surface area contributed by atoms with Crippen molar-refractivity contribution < 1.29 is 4.79 Å². The lowest BCUT2D eigenvalue weighted by Crippen LogP contribution is -2.04. The Labute approximate surface area is 86.1 Å². The van der Waals surface area contributed by atoms with Crippen molar-refractivity contribution in [3.8, 4) is 0 Å². The molecule has 0 amide bonds. The normalized spacial score (nSPS) is 10.5. The summed E-state index contributed by atoms with van der Waals surface area (Å²) in [7, 11) is 0. The third-order valence-corrected chi connectivity index (χ3v) is 2.02. The molecule has 1 heteroatoms. The van der Waals surface area contributed by atoms with Gasteiger partial charge in [0.1, 0.15) is 5.78 Å². The van der Waals surface area contributed by atoms with Gasteiger partial charge < -0.3 is 0 Å². The van der Waals surface area contributed by atoms with E-state index >= 15 is 0 Å². The molecule has 1 nitrogen and oxygen atoms in total. The van der Waals surface area contributed by atoms with Gasteiger partial charge in [-0.1, -0.05) is 44.2 Å². The van der Waals surface area contributed by atoms with Crippen molar-refractivity contribution in [2.45, 2.75) is 26.7 Å². The summed E-state index contributed by atoms with van der Waals surface area (Å²) in [6, 6.07) is 10.1. The van der Waals surface area contributed by atoms with Crippen LogP contribution >= 0.6 is 0 Å². The molecule has 1 aromatic carbocycles. The first-order chi connectivity index (χ1) is 6.68. The van der Waals surface area contributed by atoms with Gasteiger partial charge in [-0.15, -0.1) is 0 Å². The van der Waals surface area contributed by atoms with Crippen LogP contribution in [-0.4, -0.2) is 5.78 Å². The molecule has 0 aliphatic heterocycles. The minimum Gasteiger partial charge on any atom is -0.299 e. The van der Waals surface area contributed by atoms with Crippen LogP contribution in [0.2, 0.25) is 0 Å². The Morgan fingerprint density at radius 2 is 1.93 bits per heavy atom. The summed E-state index contributed by atoms with van der Waals surface area (Å²) in [6.07, 6.45) is 3.20. The van der Waals surface area contributed by atoms with Gasteiger partial charge in [-0.05, 0) is 17.9 Å². The molecule has 0 aliphatic carbocycles. The molecule has 0 bridgehead atoms. The average Bonchev–Trinajstić information content (AvgIpc) is 2.15. The summed E-state index contributed by atoms with van der Waals surface area (Å²) in [5, 5.41) is 0. The summed E-state index contributed by atoms with van der Waals surface area (Å²) in [4.78, 5) is 11.4. The summed E-state index contributed by atoms with van der Waals surface area (Å²) >= 11 is 0. The quantitative estimate of drug-likeness (QED) is 0.695. The first-order valence-electron chi connectivity index (χ1n) is 5.08. The van der Waals surface area contributed by atoms with Crippen molar-refractivity contribution >= 4 is 5.78 Å². The average molecular weight is 189 g/mol. The van der Waals surface area contributed by atoms with Crippen LogP contribution in [-0.2, 0) is 11.2 Å². The van der Waals surface area contributed by atoms with E-state index in [4.69, 9.17) is 0 Å². The van der Waals surface area contributed by atoms with Crippen LogP contribution in [0.4, 0.5) is 0 Å². The van der Waals surface area contributed by atoms with Gasteiger partial charge in [0.25, 0.3) is 0 Å². The van der Waals surface area contributed by atoms with Crippen LogP contribution in [0.3, 0.4) is 0 Å². The number of Topliss-reactive ketones (excluding diaryl/α,β-unsaturated/α-hetero) is 1. The van der Waals surface area contributed by atoms with E-state index in [1.165, 1.54) is 5.56 Å². The maximum absolute atomic E-state index is 11.4. The molecule has 1 rings (SSSR count). The third-order valence-electron chi connectivity index (χ3n) is 2.02. The zero-order chi connectivity index (χ0) is 10.4. The Balaban J connectivity index is 2.31. The fourth-order valence-corrected chi connectivity index (χ4v) is 1.33. The second-order valence-corrected chi connectivity index (χ2v) is 3.96. The van der Waals surface area contributed by atoms with E-state index in [-0.39, 0.29) is 5.78 Å². The van der Waals surface area contributed by atoms with Gasteiger partial charge >= 0.3 is 0 Å². The first kappa shape index (κ1) is 11.0. The molecule has 14 heavy (non-hydrogen) atoms. The molecule has 0 atom stereocenters. The van der Waals surface area contributed by atoms with Gasteiger partial charge in [0.05, 0.1) is 0 Å². The SMILES string of the molecule is CC(C)CC(=O)[CH]Cc1ccccc1. The highest BCUT2D eigenvalue weighted by atomic mass is 16.1. The highest BCUT2D eigenvalue weighted by Gasteiger charge is 2.05. The second kappa shape index (κ2) is 5.58. The first-order valence-corrected chi connectivity index (χ1v) is 5.08. The molecule has 75 valence electrons. The van der Waals surface area contributed by atoms with Crippen molar-refractivity contribution in [2.24, 2.45) is 5.92 Å². The van der Waals surface area contributed by atoms with E-state index in [9.17, 15) is 4.79 Å². The molecular weight excluding hydrogens is 172 g/mol. The summed E-state index contributed by atoms with van der Waals surface area (Å²) in [5.41, 5.74) is 1.20. The minimum atomic E-state index is 0.254. The Morgan fingerprint density at radius 3 is 2.50 bits per heavy atom. The second-order valence-electron chi connectivity index (χ2n) is 3.96. The Morgan fingerprint density at radius 1 is 1.29 bits per heavy atom. The fourth-order valence-electron chi connectivity index (χ4n) is 1.33. The van der Waals surface area contributed by atoms with E-state index in [0.29, 0.717) is 12.3 Å². The van der Waals surface area contributed by atoms with E-state index < -0.39 is 0 Å². The fraction of sp³-hybridized carbons (Fsp3) is 0.385. The number of rotatable bonds is 5. The largest absolute Gasteiger partial charge is 0.299 e. The maximum atomic E-state index is 11.4. The predicted octanol–water partition coefficient (Wildman–Crippen LogP) is 3.05. The Hall–Kier alpha value is -1.11. The summed E-state index contributed by atoms with van der Waals surface area (Å²) in [5.74, 6) is 0.707. The molecule has 1 radical (unpaired) electrons. The van der Waals surface area contributed by atoms with Gasteiger partial charge in [-0.25, -0.2) is 0 Å². The zero-order valence-corrected chi connectivity index (χ0v) is 8.86. The van der Waals surface area contributed by atoms with Crippen molar-refractivity contribution in [3.05, 3.63) is 42.3 Å². The van der Waals surface area contributed by atoms with Gasteiger partial charge in [0, 0.05) is 12.8 Å². The molecule has 0 N–H and O–H groups in total. The van der Waals surface area contributed by atoms with Gasteiger partial charge in [0.15, 0.2) is 0 Å². The summed E-state index contributed by atoms with van der Waals surface area (Å²) in [6.45, 7) is 4.13. The van der Waals surface area contributed by atoms with E-state index in [1.807, 2.05) is 30.3 Å². The number of hydrogen-bond donors (Lipinski definition) is 0. The van der Waals surface area contributed by atoms with E-state index in [0.717, 1.165) is 6.42 Å². The zero-order valence-electron chi connectivity index (χ0n) is 8.86. The maximum Gasteiger partial charge on any atom is 0.137 e. The highest BCUT2D eigenvalue weighted by Crippen LogP contribution is 2.06. The molecule has 0 heterocycles. The molecular formula is C13H17O. The van der Waals surface area contributed by atoms with Crippen LogP contribution in [0.15, 0.2) is 30.3 Å². The number of benzene rings is 1. The monoisotopic (exact) mass is 189 g/mol. The topological polar surface area (TPSA) is 17.1 Å².